The Morgan fingerprint density at radius 2 is 2.43 bits per heavy atom. The zero-order valence-electron chi connectivity index (χ0n) is 4.31. The van der Waals surface area contributed by atoms with E-state index in [1.807, 2.05) is 5.86 Å². The highest BCUT2D eigenvalue weighted by atomic mass is 28.2. The van der Waals surface area contributed by atoms with Crippen LogP contribution in [0.4, 0.5) is 0 Å². The summed E-state index contributed by atoms with van der Waals surface area (Å²) in [5, 5.41) is 0. The Balaban J connectivity index is 2.20. The van der Waals surface area contributed by atoms with Gasteiger partial charge < -0.3 is 4.74 Å². The van der Waals surface area contributed by atoms with Crippen LogP contribution in [0, 0.1) is 0 Å². The largest absolute Gasteiger partial charge is 0.507 e. The summed E-state index contributed by atoms with van der Waals surface area (Å²) in [4.78, 5) is 0. The summed E-state index contributed by atoms with van der Waals surface area (Å²) >= 11 is 0. The van der Waals surface area contributed by atoms with Crippen molar-refractivity contribution >= 4 is 15.0 Å². The first kappa shape index (κ1) is 5.03. The quantitative estimate of drug-likeness (QED) is 0.420. The summed E-state index contributed by atoms with van der Waals surface area (Å²) in [7, 11) is 0.948. The van der Waals surface area contributed by atoms with Crippen molar-refractivity contribution in [1.29, 1.82) is 0 Å². The van der Waals surface area contributed by atoms with Crippen LogP contribution in [0.1, 0.15) is 12.8 Å². The molecular weight excluding hydrogens is 104 g/mol. The minimum Gasteiger partial charge on any atom is -0.507 e. The van der Waals surface area contributed by atoms with Crippen LogP contribution in [0.25, 0.3) is 0 Å². The maximum atomic E-state index is 5.08. The normalized spacial score (nSPS) is 20.6. The molecule has 0 aromatic rings. The van der Waals surface area contributed by atoms with E-state index in [0.29, 0.717) is 0 Å². The lowest BCUT2D eigenvalue weighted by Crippen LogP contribution is -1.87. The molecule has 0 N–H and O–H groups in total. The summed E-state index contributed by atoms with van der Waals surface area (Å²) < 4.78 is 5.08. The third-order valence-electron chi connectivity index (χ3n) is 1.000. The second-order valence-electron chi connectivity index (χ2n) is 1.65. The highest BCUT2D eigenvalue weighted by molar-refractivity contribution is 6.45. The van der Waals surface area contributed by atoms with Crippen molar-refractivity contribution in [3.05, 3.63) is 0 Å². The third-order valence-corrected chi connectivity index (χ3v) is 1.98. The lowest BCUT2D eigenvalue weighted by molar-refractivity contribution is 0.320. The number of ether oxygens (including phenoxy) is 1. The minimum absolute atomic E-state index is 0.948. The Kier molecular flexibility index (Phi) is 2.13. The molecule has 1 aliphatic heterocycles. The van der Waals surface area contributed by atoms with Gasteiger partial charge in [0.2, 0.25) is 0 Å². The number of rotatable bonds is 0. The van der Waals surface area contributed by atoms with E-state index in [1.54, 1.807) is 0 Å². The van der Waals surface area contributed by atoms with E-state index < -0.39 is 0 Å². The Morgan fingerprint density at radius 3 is 3.43 bits per heavy atom. The zero-order chi connectivity index (χ0) is 4.95. The van der Waals surface area contributed by atoms with Gasteiger partial charge in [0.25, 0.3) is 0 Å². The molecule has 0 saturated carbocycles. The van der Waals surface area contributed by atoms with E-state index in [4.69, 9.17) is 4.74 Å². The minimum atomic E-state index is 0.948. The molecule has 39 valence electrons. The third kappa shape index (κ3) is 1.88. The Morgan fingerprint density at radius 1 is 1.43 bits per heavy atom. The van der Waals surface area contributed by atoms with Gasteiger partial charge in [0.05, 0.1) is 21.6 Å². The molecule has 0 spiro atoms. The molecule has 1 nitrogen and oxygen atoms in total. The molecule has 1 heterocycles. The summed E-state index contributed by atoms with van der Waals surface area (Å²) in [5.41, 5.74) is 0. The fraction of sp³-hybridized carbons (Fsp3) is 0.800. The van der Waals surface area contributed by atoms with Gasteiger partial charge in [0.1, 0.15) is 0 Å². The average molecular weight is 113 g/mol. The van der Waals surface area contributed by atoms with E-state index in [-0.39, 0.29) is 0 Å². The maximum Gasteiger partial charge on any atom is 0.0866 e. The van der Waals surface area contributed by atoms with Crippen LogP contribution in [0.15, 0.2) is 0 Å². The van der Waals surface area contributed by atoms with Crippen LogP contribution in [0.2, 0.25) is 6.04 Å². The van der Waals surface area contributed by atoms with Crippen molar-refractivity contribution < 1.29 is 4.74 Å². The Labute approximate surface area is 46.1 Å². The van der Waals surface area contributed by atoms with Gasteiger partial charge in [0, 0.05) is 0 Å². The summed E-state index contributed by atoms with van der Waals surface area (Å²) in [6.45, 7) is 0.951. The average Bonchev–Trinajstić information content (AvgIpc) is 1.90. The van der Waals surface area contributed by atoms with Gasteiger partial charge in [-0.3, -0.25) is 0 Å². The molecule has 0 saturated heterocycles. The standard InChI is InChI=1S/C5H9OSi/c1-2-4-7-5-6-3-1/h5H,1-4H2. The lowest BCUT2D eigenvalue weighted by atomic mass is 10.4. The first-order chi connectivity index (χ1) is 3.50. The van der Waals surface area contributed by atoms with E-state index in [9.17, 15) is 0 Å². The van der Waals surface area contributed by atoms with Gasteiger partial charge in [-0.05, 0) is 18.9 Å². The van der Waals surface area contributed by atoms with Crippen LogP contribution in [-0.2, 0) is 4.74 Å². The van der Waals surface area contributed by atoms with E-state index >= 15 is 0 Å². The molecule has 0 fully saturated rings. The van der Waals surface area contributed by atoms with Crippen molar-refractivity contribution in [2.24, 2.45) is 0 Å². The fourth-order valence-electron chi connectivity index (χ4n) is 0.589. The van der Waals surface area contributed by atoms with E-state index in [0.717, 1.165) is 15.7 Å². The van der Waals surface area contributed by atoms with Crippen molar-refractivity contribution in [2.45, 2.75) is 18.9 Å². The molecule has 0 aliphatic carbocycles. The van der Waals surface area contributed by atoms with Crippen LogP contribution < -0.4 is 0 Å². The van der Waals surface area contributed by atoms with Gasteiger partial charge in [-0.25, -0.2) is 0 Å². The molecule has 2 heteroatoms. The highest BCUT2D eigenvalue weighted by Gasteiger charge is 1.89. The molecule has 1 aliphatic rings. The van der Waals surface area contributed by atoms with Gasteiger partial charge in [-0.2, -0.15) is 0 Å². The summed E-state index contributed by atoms with van der Waals surface area (Å²) in [5.74, 6) is 1.95. The van der Waals surface area contributed by atoms with Gasteiger partial charge in [0.15, 0.2) is 0 Å². The number of hydrogen-bond donors (Lipinski definition) is 0. The van der Waals surface area contributed by atoms with Crippen LogP contribution in [-0.4, -0.2) is 21.6 Å². The molecule has 0 atom stereocenters. The topological polar surface area (TPSA) is 9.23 Å². The zero-order valence-corrected chi connectivity index (χ0v) is 5.31. The monoisotopic (exact) mass is 113 g/mol. The molecular formula is C5H9OSi. The first-order valence-corrected chi connectivity index (χ1v) is 3.95. The maximum absolute atomic E-state index is 5.08. The van der Waals surface area contributed by atoms with E-state index in [2.05, 4.69) is 0 Å². The van der Waals surface area contributed by atoms with Crippen LogP contribution >= 0.6 is 0 Å². The first-order valence-electron chi connectivity index (χ1n) is 2.67. The molecule has 0 unspecified atom stereocenters. The second-order valence-corrected chi connectivity index (χ2v) is 2.79. The van der Waals surface area contributed by atoms with Crippen molar-refractivity contribution in [2.75, 3.05) is 6.61 Å². The molecule has 1 radical (unpaired) electrons. The number of hydrogen-bond acceptors (Lipinski definition) is 1. The summed E-state index contributed by atoms with van der Waals surface area (Å²) in [6, 6.07) is 1.35. The Bertz CT molecular complexity index is 62.5. The molecule has 1 rings (SSSR count). The predicted molar refractivity (Wildman–Crippen MR) is 31.8 cm³/mol. The van der Waals surface area contributed by atoms with Crippen LogP contribution in [0.3, 0.4) is 0 Å². The van der Waals surface area contributed by atoms with Crippen molar-refractivity contribution in [1.82, 2.24) is 0 Å². The SMILES string of the molecule is C1=[Si]CCCCO1. The molecule has 0 aromatic carbocycles. The second kappa shape index (κ2) is 2.96. The molecule has 0 aromatic heterocycles. The van der Waals surface area contributed by atoms with Gasteiger partial charge in [-0.1, -0.05) is 0 Å². The molecule has 0 bridgehead atoms. The van der Waals surface area contributed by atoms with Crippen LogP contribution in [0.5, 0.6) is 0 Å². The smallest absolute Gasteiger partial charge is 0.0866 e. The van der Waals surface area contributed by atoms with Crippen molar-refractivity contribution in [3.63, 3.8) is 0 Å². The highest BCUT2D eigenvalue weighted by Crippen LogP contribution is 1.95. The van der Waals surface area contributed by atoms with Gasteiger partial charge >= 0.3 is 0 Å². The molecule has 7 heavy (non-hydrogen) atoms. The van der Waals surface area contributed by atoms with E-state index in [1.165, 1.54) is 18.9 Å². The fourth-order valence-corrected chi connectivity index (χ4v) is 1.40. The summed E-state index contributed by atoms with van der Waals surface area (Å²) in [6.07, 6.45) is 2.61. The lowest BCUT2D eigenvalue weighted by Gasteiger charge is -1.91. The Hall–Kier alpha value is -0.113. The molecule has 0 amide bonds. The van der Waals surface area contributed by atoms with Gasteiger partial charge in [-0.15, -0.1) is 0 Å². The van der Waals surface area contributed by atoms with Crippen molar-refractivity contribution in [3.8, 4) is 0 Å². The predicted octanol–water partition coefficient (Wildman–Crippen LogP) is 0.679.